The lowest BCUT2D eigenvalue weighted by molar-refractivity contribution is 0.0927. The Labute approximate surface area is 120 Å². The summed E-state index contributed by atoms with van der Waals surface area (Å²) in [5, 5.41) is 6.92. The van der Waals surface area contributed by atoms with Crippen molar-refractivity contribution in [2.75, 3.05) is 13.1 Å². The van der Waals surface area contributed by atoms with Crippen LogP contribution in [0.3, 0.4) is 0 Å². The molecule has 2 rings (SSSR count). The topological polar surface area (TPSA) is 58.4 Å². The standard InChI is InChI=1S/C15H25N3O2/c1-10(2)18-7-6-11(9-18)16-14(19)12-8-13(20-17-12)15(3,4)5/h8,10-11H,6-7,9H2,1-5H3,(H,16,19). The summed E-state index contributed by atoms with van der Waals surface area (Å²) in [7, 11) is 0. The molecule has 1 aromatic heterocycles. The molecule has 1 N–H and O–H groups in total. The van der Waals surface area contributed by atoms with Crippen LogP contribution in [0.2, 0.25) is 0 Å². The average molecular weight is 279 g/mol. The number of nitrogens with zero attached hydrogens (tertiary/aromatic N) is 2. The van der Waals surface area contributed by atoms with E-state index in [4.69, 9.17) is 4.52 Å². The summed E-state index contributed by atoms with van der Waals surface area (Å²) in [6.07, 6.45) is 0.994. The predicted octanol–water partition coefficient (Wildman–Crippen LogP) is 2.18. The molecule has 1 aliphatic rings. The monoisotopic (exact) mass is 279 g/mol. The largest absolute Gasteiger partial charge is 0.360 e. The van der Waals surface area contributed by atoms with Crippen LogP contribution in [0.15, 0.2) is 10.6 Å². The predicted molar refractivity (Wildman–Crippen MR) is 77.8 cm³/mol. The molecule has 0 saturated carbocycles. The third kappa shape index (κ3) is 3.39. The van der Waals surface area contributed by atoms with Gasteiger partial charge in [-0.2, -0.15) is 0 Å². The lowest BCUT2D eigenvalue weighted by Gasteiger charge is -2.20. The van der Waals surface area contributed by atoms with Crippen molar-refractivity contribution in [3.63, 3.8) is 0 Å². The van der Waals surface area contributed by atoms with E-state index >= 15 is 0 Å². The van der Waals surface area contributed by atoms with Crippen LogP contribution in [0.5, 0.6) is 0 Å². The van der Waals surface area contributed by atoms with Crippen molar-refractivity contribution in [1.82, 2.24) is 15.4 Å². The number of likely N-dealkylation sites (tertiary alicyclic amines) is 1. The maximum atomic E-state index is 12.2. The van der Waals surface area contributed by atoms with Gasteiger partial charge >= 0.3 is 0 Å². The molecule has 1 unspecified atom stereocenters. The molecule has 0 radical (unpaired) electrons. The summed E-state index contributed by atoms with van der Waals surface area (Å²) in [4.78, 5) is 14.5. The molecule has 0 bridgehead atoms. The smallest absolute Gasteiger partial charge is 0.273 e. The molecule has 2 heterocycles. The van der Waals surface area contributed by atoms with Crippen molar-refractivity contribution in [3.8, 4) is 0 Å². The van der Waals surface area contributed by atoms with Crippen molar-refractivity contribution in [3.05, 3.63) is 17.5 Å². The Balaban J connectivity index is 1.94. The first-order valence-corrected chi connectivity index (χ1v) is 7.29. The molecule has 1 saturated heterocycles. The van der Waals surface area contributed by atoms with Gasteiger partial charge in [0.25, 0.3) is 5.91 Å². The fraction of sp³-hybridized carbons (Fsp3) is 0.733. The molecule has 112 valence electrons. The highest BCUT2D eigenvalue weighted by molar-refractivity contribution is 5.92. The Morgan fingerprint density at radius 2 is 2.20 bits per heavy atom. The van der Waals surface area contributed by atoms with Crippen LogP contribution >= 0.6 is 0 Å². The number of aromatic nitrogens is 1. The van der Waals surface area contributed by atoms with E-state index in [2.05, 4.69) is 29.2 Å². The van der Waals surface area contributed by atoms with Gasteiger partial charge in [0, 0.05) is 36.7 Å². The molecule has 1 aliphatic heterocycles. The third-order valence-electron chi connectivity index (χ3n) is 3.77. The van der Waals surface area contributed by atoms with Crippen molar-refractivity contribution >= 4 is 5.91 Å². The Kier molecular flexibility index (Phi) is 4.18. The van der Waals surface area contributed by atoms with Gasteiger partial charge in [-0.15, -0.1) is 0 Å². The minimum Gasteiger partial charge on any atom is -0.360 e. The molecular weight excluding hydrogens is 254 g/mol. The van der Waals surface area contributed by atoms with E-state index in [1.54, 1.807) is 6.07 Å². The first-order chi connectivity index (χ1) is 9.27. The number of amides is 1. The molecule has 5 nitrogen and oxygen atoms in total. The highest BCUT2D eigenvalue weighted by atomic mass is 16.5. The number of carbonyl (C=O) groups is 1. The number of nitrogens with one attached hydrogen (secondary N) is 1. The zero-order chi connectivity index (χ0) is 14.9. The second-order valence-electron chi connectivity index (χ2n) is 6.87. The molecule has 5 heteroatoms. The maximum absolute atomic E-state index is 12.2. The molecule has 1 amide bonds. The van der Waals surface area contributed by atoms with Gasteiger partial charge in [-0.3, -0.25) is 9.69 Å². The van der Waals surface area contributed by atoms with Crippen LogP contribution in [-0.2, 0) is 5.41 Å². The second kappa shape index (κ2) is 5.56. The van der Waals surface area contributed by atoms with Gasteiger partial charge in [-0.05, 0) is 20.3 Å². The zero-order valence-electron chi connectivity index (χ0n) is 13.1. The Morgan fingerprint density at radius 1 is 1.50 bits per heavy atom. The van der Waals surface area contributed by atoms with Crippen LogP contribution in [0.1, 0.15) is 57.3 Å². The first kappa shape index (κ1) is 15.0. The van der Waals surface area contributed by atoms with E-state index in [0.29, 0.717) is 11.7 Å². The molecular formula is C15H25N3O2. The second-order valence-corrected chi connectivity index (χ2v) is 6.87. The van der Waals surface area contributed by atoms with E-state index in [1.165, 1.54) is 0 Å². The molecule has 0 aliphatic carbocycles. The lowest BCUT2D eigenvalue weighted by atomic mass is 9.93. The minimum atomic E-state index is -0.139. The van der Waals surface area contributed by atoms with Gasteiger partial charge in [-0.25, -0.2) is 0 Å². The van der Waals surface area contributed by atoms with Gasteiger partial charge in [0.15, 0.2) is 5.69 Å². The number of carbonyl (C=O) groups excluding carboxylic acids is 1. The van der Waals surface area contributed by atoms with Crippen molar-refractivity contribution in [2.24, 2.45) is 0 Å². The average Bonchev–Trinajstić information content (AvgIpc) is 2.95. The number of rotatable bonds is 3. The van der Waals surface area contributed by atoms with Gasteiger partial charge in [0.2, 0.25) is 0 Å². The molecule has 0 spiro atoms. The van der Waals surface area contributed by atoms with E-state index < -0.39 is 0 Å². The van der Waals surface area contributed by atoms with Gasteiger partial charge in [0.05, 0.1) is 0 Å². The van der Waals surface area contributed by atoms with Crippen molar-refractivity contribution in [2.45, 2.75) is 58.5 Å². The fourth-order valence-corrected chi connectivity index (χ4v) is 2.37. The number of hydrogen-bond acceptors (Lipinski definition) is 4. The Hall–Kier alpha value is -1.36. The van der Waals surface area contributed by atoms with Crippen LogP contribution < -0.4 is 5.32 Å². The van der Waals surface area contributed by atoms with E-state index in [-0.39, 0.29) is 17.4 Å². The van der Waals surface area contributed by atoms with Crippen LogP contribution in [0.25, 0.3) is 0 Å². The van der Waals surface area contributed by atoms with Crippen molar-refractivity contribution in [1.29, 1.82) is 0 Å². The Morgan fingerprint density at radius 3 is 2.70 bits per heavy atom. The SMILES string of the molecule is CC(C)N1CCC(NC(=O)c2cc(C(C)(C)C)on2)C1. The lowest BCUT2D eigenvalue weighted by Crippen LogP contribution is -2.38. The molecule has 0 aromatic carbocycles. The minimum absolute atomic E-state index is 0.132. The Bertz CT molecular complexity index is 474. The maximum Gasteiger partial charge on any atom is 0.273 e. The summed E-state index contributed by atoms with van der Waals surface area (Å²) in [5.74, 6) is 0.595. The molecule has 1 fully saturated rings. The number of hydrogen-bond donors (Lipinski definition) is 1. The fourth-order valence-electron chi connectivity index (χ4n) is 2.37. The van der Waals surface area contributed by atoms with E-state index in [0.717, 1.165) is 25.3 Å². The van der Waals surface area contributed by atoms with E-state index in [1.807, 2.05) is 20.8 Å². The summed E-state index contributed by atoms with van der Waals surface area (Å²) in [5.41, 5.74) is 0.241. The van der Waals surface area contributed by atoms with E-state index in [9.17, 15) is 4.79 Å². The zero-order valence-corrected chi connectivity index (χ0v) is 13.1. The van der Waals surface area contributed by atoms with Gasteiger partial charge < -0.3 is 9.84 Å². The van der Waals surface area contributed by atoms with Crippen LogP contribution in [0, 0.1) is 0 Å². The molecule has 20 heavy (non-hydrogen) atoms. The van der Waals surface area contributed by atoms with Crippen molar-refractivity contribution < 1.29 is 9.32 Å². The summed E-state index contributed by atoms with van der Waals surface area (Å²) < 4.78 is 5.25. The van der Waals surface area contributed by atoms with Gasteiger partial charge in [-0.1, -0.05) is 25.9 Å². The normalized spacial score (nSPS) is 20.6. The molecule has 1 atom stereocenters. The highest BCUT2D eigenvalue weighted by Crippen LogP contribution is 2.22. The summed E-state index contributed by atoms with van der Waals surface area (Å²) in [6, 6.07) is 2.47. The van der Waals surface area contributed by atoms with Gasteiger partial charge in [0.1, 0.15) is 5.76 Å². The highest BCUT2D eigenvalue weighted by Gasteiger charge is 2.27. The molecule has 1 aromatic rings. The first-order valence-electron chi connectivity index (χ1n) is 7.29. The quantitative estimate of drug-likeness (QED) is 0.921. The summed E-state index contributed by atoms with van der Waals surface area (Å²) >= 11 is 0. The third-order valence-corrected chi connectivity index (χ3v) is 3.77. The van der Waals surface area contributed by atoms with Crippen LogP contribution in [-0.4, -0.2) is 41.1 Å². The van der Waals surface area contributed by atoms with Crippen LogP contribution in [0.4, 0.5) is 0 Å². The summed E-state index contributed by atoms with van der Waals surface area (Å²) in [6.45, 7) is 12.4.